The first-order valence-corrected chi connectivity index (χ1v) is 8.04. The van der Waals surface area contributed by atoms with E-state index in [0.717, 1.165) is 23.3 Å². The molecule has 5 heteroatoms. The van der Waals surface area contributed by atoms with Crippen LogP contribution in [0.3, 0.4) is 0 Å². The standard InChI is InChI=1S/C14H24N4S/c1-5-11(6-2)13-8-15-14(19-13)17-12-7-16-18(9-12)10(3)4/h7,9-11,13H,5-6,8H2,1-4H3,(H,15,17). The van der Waals surface area contributed by atoms with Crippen molar-refractivity contribution >= 4 is 22.6 Å². The molecule has 19 heavy (non-hydrogen) atoms. The Kier molecular flexibility index (Phi) is 4.91. The summed E-state index contributed by atoms with van der Waals surface area (Å²) in [4.78, 5) is 4.61. The Morgan fingerprint density at radius 2 is 2.16 bits per heavy atom. The minimum absolute atomic E-state index is 0.394. The van der Waals surface area contributed by atoms with Crippen molar-refractivity contribution in [3.63, 3.8) is 0 Å². The summed E-state index contributed by atoms with van der Waals surface area (Å²) in [5.41, 5.74) is 1.03. The summed E-state index contributed by atoms with van der Waals surface area (Å²) >= 11 is 1.88. The first kappa shape index (κ1) is 14.4. The molecule has 1 aliphatic heterocycles. The van der Waals surface area contributed by atoms with Crippen LogP contribution in [0.25, 0.3) is 0 Å². The molecule has 0 bridgehead atoms. The number of thioether (sulfide) groups is 1. The molecular formula is C14H24N4S. The number of rotatable bonds is 5. The summed E-state index contributed by atoms with van der Waals surface area (Å²) in [6.07, 6.45) is 6.39. The molecule has 0 radical (unpaired) electrons. The van der Waals surface area contributed by atoms with Crippen LogP contribution >= 0.6 is 11.8 Å². The quantitative estimate of drug-likeness (QED) is 0.892. The summed E-state index contributed by atoms with van der Waals surface area (Å²) < 4.78 is 1.96. The van der Waals surface area contributed by atoms with Crippen LogP contribution in [0.1, 0.15) is 46.6 Å². The van der Waals surface area contributed by atoms with Crippen molar-refractivity contribution in [1.29, 1.82) is 0 Å². The molecule has 0 saturated carbocycles. The number of amidine groups is 1. The van der Waals surface area contributed by atoms with Gasteiger partial charge >= 0.3 is 0 Å². The second kappa shape index (κ2) is 6.46. The molecule has 0 amide bonds. The zero-order valence-corrected chi connectivity index (χ0v) is 13.1. The normalized spacial score (nSPS) is 19.3. The molecule has 4 nitrogen and oxygen atoms in total. The van der Waals surface area contributed by atoms with Crippen LogP contribution < -0.4 is 5.32 Å². The van der Waals surface area contributed by atoms with Gasteiger partial charge in [0.25, 0.3) is 0 Å². The smallest absolute Gasteiger partial charge is 0.161 e. The van der Waals surface area contributed by atoms with Crippen LogP contribution in [-0.2, 0) is 0 Å². The van der Waals surface area contributed by atoms with Crippen LogP contribution in [0.5, 0.6) is 0 Å². The van der Waals surface area contributed by atoms with E-state index < -0.39 is 0 Å². The molecule has 2 heterocycles. The van der Waals surface area contributed by atoms with E-state index in [2.05, 4.69) is 43.1 Å². The predicted octanol–water partition coefficient (Wildman–Crippen LogP) is 3.78. The number of aromatic nitrogens is 2. The van der Waals surface area contributed by atoms with Crippen molar-refractivity contribution in [1.82, 2.24) is 9.78 Å². The summed E-state index contributed by atoms with van der Waals surface area (Å²) in [6.45, 7) is 9.74. The zero-order valence-electron chi connectivity index (χ0n) is 12.3. The third-order valence-corrected chi connectivity index (χ3v) is 4.93. The largest absolute Gasteiger partial charge is 0.332 e. The van der Waals surface area contributed by atoms with E-state index >= 15 is 0 Å². The molecule has 0 aliphatic carbocycles. The Morgan fingerprint density at radius 1 is 1.42 bits per heavy atom. The first-order valence-electron chi connectivity index (χ1n) is 7.16. The second-order valence-corrected chi connectivity index (χ2v) is 6.53. The lowest BCUT2D eigenvalue weighted by molar-refractivity contribution is 0.479. The maximum atomic E-state index is 4.61. The van der Waals surface area contributed by atoms with E-state index in [0.29, 0.717) is 11.3 Å². The Morgan fingerprint density at radius 3 is 2.74 bits per heavy atom. The average Bonchev–Trinajstić information content (AvgIpc) is 3.01. The van der Waals surface area contributed by atoms with Crippen molar-refractivity contribution in [2.45, 2.75) is 51.8 Å². The van der Waals surface area contributed by atoms with Crippen LogP contribution in [0.15, 0.2) is 17.4 Å². The number of hydrogen-bond acceptors (Lipinski definition) is 4. The van der Waals surface area contributed by atoms with Crippen LogP contribution in [-0.4, -0.2) is 26.7 Å². The Hall–Kier alpha value is -0.970. The van der Waals surface area contributed by atoms with Crippen LogP contribution in [0, 0.1) is 5.92 Å². The van der Waals surface area contributed by atoms with Crippen molar-refractivity contribution in [3.8, 4) is 0 Å². The number of anilines is 1. The molecule has 0 saturated heterocycles. The van der Waals surface area contributed by atoms with E-state index in [1.165, 1.54) is 12.8 Å². The fourth-order valence-electron chi connectivity index (χ4n) is 2.33. The fraction of sp³-hybridized carbons (Fsp3) is 0.714. The molecular weight excluding hydrogens is 256 g/mol. The predicted molar refractivity (Wildman–Crippen MR) is 84.0 cm³/mol. The first-order chi connectivity index (χ1) is 9.13. The Labute approximate surface area is 120 Å². The fourth-order valence-corrected chi connectivity index (χ4v) is 3.67. The van der Waals surface area contributed by atoms with Gasteiger partial charge in [-0.25, -0.2) is 0 Å². The second-order valence-electron chi connectivity index (χ2n) is 5.31. The maximum absolute atomic E-state index is 4.61. The average molecular weight is 280 g/mol. The van der Waals surface area contributed by atoms with Gasteiger partial charge in [-0.15, -0.1) is 0 Å². The number of hydrogen-bond donors (Lipinski definition) is 1. The highest BCUT2D eigenvalue weighted by molar-refractivity contribution is 8.15. The Bertz CT molecular complexity index is 434. The number of nitrogens with one attached hydrogen (secondary N) is 1. The van der Waals surface area contributed by atoms with Gasteiger partial charge in [-0.3, -0.25) is 9.67 Å². The molecule has 106 valence electrons. The third kappa shape index (κ3) is 3.53. The molecule has 1 aromatic rings. The molecule has 0 spiro atoms. The van der Waals surface area contributed by atoms with Crippen LogP contribution in [0.2, 0.25) is 0 Å². The third-order valence-electron chi connectivity index (χ3n) is 3.63. The van der Waals surface area contributed by atoms with Gasteiger partial charge in [0.05, 0.1) is 18.4 Å². The van der Waals surface area contributed by atoms with Gasteiger partial charge in [0, 0.05) is 17.5 Å². The number of nitrogens with zero attached hydrogens (tertiary/aromatic N) is 3. The minimum atomic E-state index is 0.394. The van der Waals surface area contributed by atoms with Gasteiger partial charge in [-0.05, 0) is 19.8 Å². The van der Waals surface area contributed by atoms with Gasteiger partial charge in [0.2, 0.25) is 0 Å². The van der Waals surface area contributed by atoms with Gasteiger partial charge < -0.3 is 5.32 Å². The highest BCUT2D eigenvalue weighted by Crippen LogP contribution is 2.31. The molecule has 1 N–H and O–H groups in total. The maximum Gasteiger partial charge on any atom is 0.161 e. The van der Waals surface area contributed by atoms with Crippen molar-refractivity contribution in [2.24, 2.45) is 10.9 Å². The lowest BCUT2D eigenvalue weighted by atomic mass is 9.99. The summed E-state index contributed by atoms with van der Waals surface area (Å²) in [5.74, 6) is 0.770. The van der Waals surface area contributed by atoms with Gasteiger partial charge in [0.1, 0.15) is 0 Å². The van der Waals surface area contributed by atoms with Crippen molar-refractivity contribution in [3.05, 3.63) is 12.4 Å². The molecule has 2 rings (SSSR count). The summed E-state index contributed by atoms with van der Waals surface area (Å²) in [5, 5.41) is 9.39. The molecule has 0 fully saturated rings. The van der Waals surface area contributed by atoms with Crippen LogP contribution in [0.4, 0.5) is 5.69 Å². The highest BCUT2D eigenvalue weighted by atomic mass is 32.2. The Balaban J connectivity index is 1.90. The van der Waals surface area contributed by atoms with Crippen molar-refractivity contribution < 1.29 is 0 Å². The van der Waals surface area contributed by atoms with Gasteiger partial charge in [-0.1, -0.05) is 38.5 Å². The van der Waals surface area contributed by atoms with Gasteiger partial charge in [0.15, 0.2) is 5.17 Å². The topological polar surface area (TPSA) is 42.2 Å². The summed E-state index contributed by atoms with van der Waals surface area (Å²) in [7, 11) is 0. The molecule has 0 aromatic carbocycles. The molecule has 1 aliphatic rings. The molecule has 1 atom stereocenters. The minimum Gasteiger partial charge on any atom is -0.332 e. The highest BCUT2D eigenvalue weighted by Gasteiger charge is 2.26. The van der Waals surface area contributed by atoms with E-state index in [1.54, 1.807) is 0 Å². The SMILES string of the molecule is CCC(CC)C1CN=C(Nc2cnn(C(C)C)c2)S1. The van der Waals surface area contributed by atoms with Crippen molar-refractivity contribution in [2.75, 3.05) is 11.9 Å². The summed E-state index contributed by atoms with van der Waals surface area (Å²) in [6, 6.07) is 0.394. The lowest BCUT2D eigenvalue weighted by Gasteiger charge is -2.18. The van der Waals surface area contributed by atoms with E-state index in [9.17, 15) is 0 Å². The van der Waals surface area contributed by atoms with E-state index in [1.807, 2.05) is 28.8 Å². The molecule has 1 unspecified atom stereocenters. The number of aliphatic imine (C=N–C) groups is 1. The van der Waals surface area contributed by atoms with Gasteiger partial charge in [-0.2, -0.15) is 5.10 Å². The molecule has 1 aromatic heterocycles. The zero-order chi connectivity index (χ0) is 13.8. The monoisotopic (exact) mass is 280 g/mol. The van der Waals surface area contributed by atoms with E-state index in [-0.39, 0.29) is 0 Å². The lowest BCUT2D eigenvalue weighted by Crippen LogP contribution is -2.17. The van der Waals surface area contributed by atoms with E-state index in [4.69, 9.17) is 0 Å².